The van der Waals surface area contributed by atoms with Gasteiger partial charge in [-0.05, 0) is 35.7 Å². The van der Waals surface area contributed by atoms with Gasteiger partial charge in [-0.3, -0.25) is 9.78 Å². The molecule has 90 valence electrons. The van der Waals surface area contributed by atoms with Crippen molar-refractivity contribution >= 4 is 27.5 Å². The molecule has 4 heteroatoms. The Morgan fingerprint density at radius 1 is 1.06 bits per heavy atom. The minimum Gasteiger partial charge on any atom is -0.366 e. The van der Waals surface area contributed by atoms with Crippen molar-refractivity contribution in [3.63, 3.8) is 0 Å². The van der Waals surface area contributed by atoms with Crippen molar-refractivity contribution in [1.29, 1.82) is 0 Å². The van der Waals surface area contributed by atoms with Gasteiger partial charge in [-0.25, -0.2) is 0 Å². The zero-order valence-corrected chi connectivity index (χ0v) is 10.4. The van der Waals surface area contributed by atoms with Gasteiger partial charge in [0.25, 0.3) is 0 Å². The Morgan fingerprint density at radius 3 is 2.44 bits per heavy atom. The van der Waals surface area contributed by atoms with E-state index in [2.05, 4.69) is 16.4 Å². The molecule has 2 heterocycles. The van der Waals surface area contributed by atoms with Gasteiger partial charge in [0.05, 0.1) is 10.2 Å². The lowest BCUT2D eigenvalue weighted by atomic mass is 10.2. The SMILES string of the molecule is NC(=O)c1ccccc1.c1cnc2ccsc2c1. The number of thiophene rings is 1. The number of hydrogen-bond acceptors (Lipinski definition) is 3. The molecule has 2 N–H and O–H groups in total. The van der Waals surface area contributed by atoms with Crippen LogP contribution in [0.1, 0.15) is 10.4 Å². The van der Waals surface area contributed by atoms with E-state index in [9.17, 15) is 4.79 Å². The van der Waals surface area contributed by atoms with Gasteiger partial charge in [0.15, 0.2) is 0 Å². The molecule has 3 nitrogen and oxygen atoms in total. The number of amides is 1. The highest BCUT2D eigenvalue weighted by Crippen LogP contribution is 2.16. The van der Waals surface area contributed by atoms with Crippen molar-refractivity contribution in [1.82, 2.24) is 4.98 Å². The highest BCUT2D eigenvalue weighted by atomic mass is 32.1. The average Bonchev–Trinajstić information content (AvgIpc) is 2.89. The summed E-state index contributed by atoms with van der Waals surface area (Å²) in [7, 11) is 0. The second kappa shape index (κ2) is 5.93. The van der Waals surface area contributed by atoms with E-state index in [1.165, 1.54) is 4.70 Å². The topological polar surface area (TPSA) is 56.0 Å². The van der Waals surface area contributed by atoms with E-state index in [1.54, 1.807) is 35.6 Å². The van der Waals surface area contributed by atoms with Crippen molar-refractivity contribution in [2.45, 2.75) is 0 Å². The summed E-state index contributed by atoms with van der Waals surface area (Å²) < 4.78 is 1.26. The van der Waals surface area contributed by atoms with Crippen LogP contribution in [-0.2, 0) is 0 Å². The van der Waals surface area contributed by atoms with Crippen LogP contribution in [0, 0.1) is 0 Å². The summed E-state index contributed by atoms with van der Waals surface area (Å²) in [6, 6.07) is 14.8. The first-order chi connectivity index (χ1) is 8.77. The van der Waals surface area contributed by atoms with Gasteiger partial charge < -0.3 is 5.73 Å². The third-order valence-electron chi connectivity index (χ3n) is 2.28. The molecule has 18 heavy (non-hydrogen) atoms. The molecule has 1 aromatic carbocycles. The molecule has 0 aliphatic rings. The van der Waals surface area contributed by atoms with Crippen LogP contribution in [0.3, 0.4) is 0 Å². The first-order valence-electron chi connectivity index (χ1n) is 5.40. The summed E-state index contributed by atoms with van der Waals surface area (Å²) in [5, 5.41) is 2.05. The van der Waals surface area contributed by atoms with E-state index in [0.29, 0.717) is 5.56 Å². The van der Waals surface area contributed by atoms with E-state index < -0.39 is 0 Å². The lowest BCUT2D eigenvalue weighted by Gasteiger charge is -1.89. The molecule has 3 aromatic rings. The Labute approximate surface area is 109 Å². The van der Waals surface area contributed by atoms with E-state index in [-0.39, 0.29) is 5.91 Å². The number of pyridine rings is 1. The lowest BCUT2D eigenvalue weighted by Crippen LogP contribution is -2.09. The van der Waals surface area contributed by atoms with Crippen molar-refractivity contribution < 1.29 is 4.79 Å². The fourth-order valence-corrected chi connectivity index (χ4v) is 2.14. The van der Waals surface area contributed by atoms with Gasteiger partial charge in [-0.15, -0.1) is 11.3 Å². The molecule has 1 amide bonds. The fraction of sp³-hybridized carbons (Fsp3) is 0. The summed E-state index contributed by atoms with van der Waals surface area (Å²) in [5.74, 6) is -0.379. The monoisotopic (exact) mass is 256 g/mol. The van der Waals surface area contributed by atoms with E-state index >= 15 is 0 Å². The van der Waals surface area contributed by atoms with Crippen LogP contribution in [0.25, 0.3) is 10.2 Å². The van der Waals surface area contributed by atoms with E-state index in [0.717, 1.165) is 5.52 Å². The van der Waals surface area contributed by atoms with Crippen molar-refractivity contribution in [3.05, 3.63) is 65.7 Å². The van der Waals surface area contributed by atoms with Crippen LogP contribution < -0.4 is 5.73 Å². The van der Waals surface area contributed by atoms with Gasteiger partial charge in [0, 0.05) is 11.8 Å². The maximum absolute atomic E-state index is 10.4. The summed E-state index contributed by atoms with van der Waals surface area (Å²) >= 11 is 1.72. The number of benzene rings is 1. The predicted molar refractivity (Wildman–Crippen MR) is 74.6 cm³/mol. The first-order valence-corrected chi connectivity index (χ1v) is 6.28. The highest BCUT2D eigenvalue weighted by molar-refractivity contribution is 7.17. The van der Waals surface area contributed by atoms with Gasteiger partial charge in [-0.2, -0.15) is 0 Å². The number of carbonyl (C=O) groups is 1. The number of aromatic nitrogens is 1. The summed E-state index contributed by atoms with van der Waals surface area (Å²) in [6.45, 7) is 0. The zero-order chi connectivity index (χ0) is 12.8. The normalized spacial score (nSPS) is 9.56. The number of carbonyl (C=O) groups excluding carboxylic acids is 1. The maximum atomic E-state index is 10.4. The number of hydrogen-bond donors (Lipinski definition) is 1. The molecule has 0 aliphatic heterocycles. The van der Waals surface area contributed by atoms with E-state index in [4.69, 9.17) is 5.73 Å². The number of fused-ring (bicyclic) bond motifs is 1. The molecule has 0 radical (unpaired) electrons. The molecular weight excluding hydrogens is 244 g/mol. The predicted octanol–water partition coefficient (Wildman–Crippen LogP) is 3.08. The fourth-order valence-electron chi connectivity index (χ4n) is 1.40. The Balaban J connectivity index is 0.000000134. The molecule has 2 aromatic heterocycles. The second-order valence-corrected chi connectivity index (χ2v) is 4.49. The molecule has 0 saturated carbocycles. The third kappa shape index (κ3) is 3.15. The van der Waals surface area contributed by atoms with E-state index in [1.807, 2.05) is 24.4 Å². The quantitative estimate of drug-likeness (QED) is 0.727. The van der Waals surface area contributed by atoms with Crippen LogP contribution in [-0.4, -0.2) is 10.9 Å². The van der Waals surface area contributed by atoms with Crippen LogP contribution in [0.5, 0.6) is 0 Å². The first kappa shape index (κ1) is 12.3. The largest absolute Gasteiger partial charge is 0.366 e. The second-order valence-electron chi connectivity index (χ2n) is 3.54. The Bertz CT molecular complexity index is 604. The minimum absolute atomic E-state index is 0.379. The zero-order valence-electron chi connectivity index (χ0n) is 9.61. The molecular formula is C14H12N2OS. The molecule has 0 aliphatic carbocycles. The third-order valence-corrected chi connectivity index (χ3v) is 3.15. The molecule has 0 spiro atoms. The smallest absolute Gasteiger partial charge is 0.248 e. The minimum atomic E-state index is -0.379. The highest BCUT2D eigenvalue weighted by Gasteiger charge is 1.93. The van der Waals surface area contributed by atoms with Crippen molar-refractivity contribution in [2.75, 3.05) is 0 Å². The molecule has 0 bridgehead atoms. The van der Waals surface area contributed by atoms with Crippen LogP contribution in [0.4, 0.5) is 0 Å². The molecule has 3 rings (SSSR count). The number of primary amides is 1. The Morgan fingerprint density at radius 2 is 1.83 bits per heavy atom. The molecule has 0 saturated heterocycles. The van der Waals surface area contributed by atoms with Gasteiger partial charge in [0.1, 0.15) is 0 Å². The summed E-state index contributed by atoms with van der Waals surface area (Å²) in [4.78, 5) is 14.6. The van der Waals surface area contributed by atoms with Crippen LogP contribution in [0.2, 0.25) is 0 Å². The molecule has 0 atom stereocenters. The van der Waals surface area contributed by atoms with Crippen molar-refractivity contribution in [2.24, 2.45) is 5.73 Å². The van der Waals surface area contributed by atoms with Gasteiger partial charge in [-0.1, -0.05) is 18.2 Å². The average molecular weight is 256 g/mol. The number of nitrogens with two attached hydrogens (primary N) is 1. The summed E-state index contributed by atoms with van der Waals surface area (Å²) in [6.07, 6.45) is 1.81. The maximum Gasteiger partial charge on any atom is 0.248 e. The van der Waals surface area contributed by atoms with Gasteiger partial charge in [0.2, 0.25) is 5.91 Å². The number of nitrogens with zero attached hydrogens (tertiary/aromatic N) is 1. The summed E-state index contributed by atoms with van der Waals surface area (Å²) in [5.41, 5.74) is 6.63. The van der Waals surface area contributed by atoms with Gasteiger partial charge >= 0.3 is 0 Å². The van der Waals surface area contributed by atoms with Crippen LogP contribution >= 0.6 is 11.3 Å². The molecule has 0 fully saturated rings. The number of rotatable bonds is 1. The Kier molecular flexibility index (Phi) is 4.04. The van der Waals surface area contributed by atoms with Crippen molar-refractivity contribution in [3.8, 4) is 0 Å². The molecule has 0 unspecified atom stereocenters. The Hall–Kier alpha value is -2.20. The van der Waals surface area contributed by atoms with Crippen LogP contribution in [0.15, 0.2) is 60.1 Å². The standard InChI is InChI=1S/C7H7NO.C7H5NS/c8-7(9)6-4-2-1-3-5-6;1-2-7-6(8-4-1)3-5-9-7/h1-5H,(H2,8,9);1-5H. The lowest BCUT2D eigenvalue weighted by molar-refractivity contribution is 0.100.